The minimum Gasteiger partial charge on any atom is -0.467 e. The molecular weight excluding hydrogens is 246 g/mol. The zero-order valence-corrected chi connectivity index (χ0v) is 12.5. The standard InChI is InChI=1S/C18H23NO/c1-4-18(19(2)3,17-13-9-15-20-17)14-8-12-16-10-6-5-7-11-16/h5-13,15H,4,14H2,1-3H3/b12-8+. The molecule has 1 aromatic carbocycles. The first-order chi connectivity index (χ1) is 9.69. The molecule has 0 radical (unpaired) electrons. The zero-order valence-electron chi connectivity index (χ0n) is 12.5. The molecule has 2 aromatic rings. The second-order valence-corrected chi connectivity index (χ2v) is 5.27. The lowest BCUT2D eigenvalue weighted by molar-refractivity contribution is 0.118. The second kappa shape index (κ2) is 6.58. The van der Waals surface area contributed by atoms with E-state index in [2.05, 4.69) is 68.4 Å². The highest BCUT2D eigenvalue weighted by Gasteiger charge is 2.34. The van der Waals surface area contributed by atoms with Crippen molar-refractivity contribution in [3.8, 4) is 0 Å². The van der Waals surface area contributed by atoms with E-state index in [1.165, 1.54) is 5.56 Å². The fourth-order valence-electron chi connectivity index (χ4n) is 2.64. The van der Waals surface area contributed by atoms with Gasteiger partial charge in [0.15, 0.2) is 0 Å². The number of hydrogen-bond acceptors (Lipinski definition) is 2. The maximum atomic E-state index is 5.68. The molecule has 0 fully saturated rings. The lowest BCUT2D eigenvalue weighted by Gasteiger charge is -2.36. The second-order valence-electron chi connectivity index (χ2n) is 5.27. The van der Waals surface area contributed by atoms with Crippen molar-refractivity contribution in [1.82, 2.24) is 4.90 Å². The maximum Gasteiger partial charge on any atom is 0.124 e. The van der Waals surface area contributed by atoms with E-state index in [1.54, 1.807) is 6.26 Å². The molecule has 2 nitrogen and oxygen atoms in total. The molecule has 0 saturated carbocycles. The summed E-state index contributed by atoms with van der Waals surface area (Å²) in [6, 6.07) is 14.4. The van der Waals surface area contributed by atoms with Crippen molar-refractivity contribution >= 4 is 6.08 Å². The quantitative estimate of drug-likeness (QED) is 0.765. The van der Waals surface area contributed by atoms with Crippen LogP contribution < -0.4 is 0 Å². The third kappa shape index (κ3) is 3.02. The SMILES string of the molecule is CCC(C/C=C/c1ccccc1)(c1ccco1)N(C)C. The molecule has 0 aliphatic carbocycles. The van der Waals surface area contributed by atoms with Gasteiger partial charge in [0.25, 0.3) is 0 Å². The number of rotatable bonds is 6. The minimum atomic E-state index is -0.0746. The highest BCUT2D eigenvalue weighted by atomic mass is 16.3. The Bertz CT molecular complexity index is 528. The van der Waals surface area contributed by atoms with Gasteiger partial charge in [0.1, 0.15) is 5.76 Å². The van der Waals surface area contributed by atoms with Crippen LogP contribution in [0, 0.1) is 0 Å². The van der Waals surface area contributed by atoms with Crippen LogP contribution in [0.5, 0.6) is 0 Å². The van der Waals surface area contributed by atoms with Crippen LogP contribution >= 0.6 is 0 Å². The molecule has 0 aliphatic heterocycles. The van der Waals surface area contributed by atoms with Crippen molar-refractivity contribution in [1.29, 1.82) is 0 Å². The van der Waals surface area contributed by atoms with Crippen molar-refractivity contribution < 1.29 is 4.42 Å². The van der Waals surface area contributed by atoms with Crippen molar-refractivity contribution in [2.45, 2.75) is 25.3 Å². The first-order valence-corrected chi connectivity index (χ1v) is 7.12. The van der Waals surface area contributed by atoms with Crippen molar-refractivity contribution in [2.24, 2.45) is 0 Å². The van der Waals surface area contributed by atoms with Gasteiger partial charge in [-0.2, -0.15) is 0 Å². The Morgan fingerprint density at radius 3 is 2.40 bits per heavy atom. The average Bonchev–Trinajstić information content (AvgIpc) is 2.99. The fourth-order valence-corrected chi connectivity index (χ4v) is 2.64. The Kier molecular flexibility index (Phi) is 4.80. The summed E-state index contributed by atoms with van der Waals surface area (Å²) in [6.45, 7) is 2.21. The van der Waals surface area contributed by atoms with Crippen LogP contribution in [-0.4, -0.2) is 19.0 Å². The Morgan fingerprint density at radius 2 is 1.85 bits per heavy atom. The van der Waals surface area contributed by atoms with Crippen LogP contribution in [0.1, 0.15) is 31.1 Å². The first kappa shape index (κ1) is 14.6. The number of benzene rings is 1. The van der Waals surface area contributed by atoms with Crippen LogP contribution in [0.15, 0.2) is 59.2 Å². The largest absolute Gasteiger partial charge is 0.467 e. The third-order valence-electron chi connectivity index (χ3n) is 3.99. The van der Waals surface area contributed by atoms with Gasteiger partial charge in [-0.1, -0.05) is 49.4 Å². The normalized spacial score (nSPS) is 14.8. The van der Waals surface area contributed by atoms with E-state index in [0.29, 0.717) is 0 Å². The predicted octanol–water partition coefficient (Wildman–Crippen LogP) is 4.55. The zero-order chi connectivity index (χ0) is 14.4. The van der Waals surface area contributed by atoms with E-state index >= 15 is 0 Å². The molecule has 0 bridgehead atoms. The van der Waals surface area contributed by atoms with Crippen LogP contribution in [0.4, 0.5) is 0 Å². The van der Waals surface area contributed by atoms with Gasteiger partial charge < -0.3 is 4.42 Å². The third-order valence-corrected chi connectivity index (χ3v) is 3.99. The van der Waals surface area contributed by atoms with E-state index in [0.717, 1.165) is 18.6 Å². The highest BCUT2D eigenvalue weighted by molar-refractivity contribution is 5.48. The van der Waals surface area contributed by atoms with E-state index in [1.807, 2.05) is 12.1 Å². The molecular formula is C18H23NO. The van der Waals surface area contributed by atoms with Gasteiger partial charge in [0.05, 0.1) is 11.8 Å². The monoisotopic (exact) mass is 269 g/mol. The van der Waals surface area contributed by atoms with Crippen LogP contribution in [0.2, 0.25) is 0 Å². The van der Waals surface area contributed by atoms with Gasteiger partial charge >= 0.3 is 0 Å². The van der Waals surface area contributed by atoms with Crippen molar-refractivity contribution in [2.75, 3.05) is 14.1 Å². The summed E-state index contributed by atoms with van der Waals surface area (Å²) in [5.74, 6) is 1.03. The van der Waals surface area contributed by atoms with Crippen LogP contribution in [0.25, 0.3) is 6.08 Å². The molecule has 2 heteroatoms. The molecule has 2 rings (SSSR count). The van der Waals surface area contributed by atoms with Gasteiger partial charge in [0.2, 0.25) is 0 Å². The average molecular weight is 269 g/mol. The van der Waals surface area contributed by atoms with Gasteiger partial charge in [-0.05, 0) is 44.6 Å². The summed E-state index contributed by atoms with van der Waals surface area (Å²) in [5.41, 5.74) is 1.16. The predicted molar refractivity (Wildman–Crippen MR) is 84.5 cm³/mol. The van der Waals surface area contributed by atoms with E-state index in [-0.39, 0.29) is 5.54 Å². The molecule has 1 unspecified atom stereocenters. The lowest BCUT2D eigenvalue weighted by Crippen LogP contribution is -2.40. The fraction of sp³-hybridized carbons (Fsp3) is 0.333. The molecule has 1 heterocycles. The Balaban J connectivity index is 2.19. The van der Waals surface area contributed by atoms with Gasteiger partial charge in [-0.3, -0.25) is 4.90 Å². The maximum absolute atomic E-state index is 5.68. The molecule has 0 saturated heterocycles. The highest BCUT2D eigenvalue weighted by Crippen LogP contribution is 2.34. The summed E-state index contributed by atoms with van der Waals surface area (Å²) in [5, 5.41) is 0. The number of furan rings is 1. The van der Waals surface area contributed by atoms with Gasteiger partial charge in [-0.15, -0.1) is 0 Å². The number of nitrogens with zero attached hydrogens (tertiary/aromatic N) is 1. The van der Waals surface area contributed by atoms with Crippen molar-refractivity contribution in [3.63, 3.8) is 0 Å². The lowest BCUT2D eigenvalue weighted by atomic mass is 9.87. The Hall–Kier alpha value is -1.80. The summed E-state index contributed by atoms with van der Waals surface area (Å²) >= 11 is 0. The minimum absolute atomic E-state index is 0.0746. The van der Waals surface area contributed by atoms with Crippen LogP contribution in [0.3, 0.4) is 0 Å². The first-order valence-electron chi connectivity index (χ1n) is 7.12. The summed E-state index contributed by atoms with van der Waals surface area (Å²) in [6.07, 6.45) is 8.11. The Morgan fingerprint density at radius 1 is 1.10 bits per heavy atom. The van der Waals surface area contributed by atoms with Crippen molar-refractivity contribution in [3.05, 3.63) is 66.1 Å². The summed E-state index contributed by atoms with van der Waals surface area (Å²) in [4.78, 5) is 2.25. The summed E-state index contributed by atoms with van der Waals surface area (Å²) < 4.78 is 5.68. The summed E-state index contributed by atoms with van der Waals surface area (Å²) in [7, 11) is 4.23. The molecule has 1 atom stereocenters. The topological polar surface area (TPSA) is 16.4 Å². The molecule has 0 N–H and O–H groups in total. The van der Waals surface area contributed by atoms with E-state index < -0.39 is 0 Å². The molecule has 0 spiro atoms. The molecule has 20 heavy (non-hydrogen) atoms. The molecule has 0 amide bonds. The molecule has 1 aromatic heterocycles. The molecule has 106 valence electrons. The molecule has 0 aliphatic rings. The van der Waals surface area contributed by atoms with Crippen LogP contribution in [-0.2, 0) is 5.54 Å². The van der Waals surface area contributed by atoms with Gasteiger partial charge in [-0.25, -0.2) is 0 Å². The van der Waals surface area contributed by atoms with E-state index in [4.69, 9.17) is 4.42 Å². The Labute approximate surface area is 121 Å². The van der Waals surface area contributed by atoms with Gasteiger partial charge in [0, 0.05) is 0 Å². The number of hydrogen-bond donors (Lipinski definition) is 0. The van der Waals surface area contributed by atoms with E-state index in [9.17, 15) is 0 Å². The smallest absolute Gasteiger partial charge is 0.124 e.